The molecule has 5 aliphatic rings. The van der Waals surface area contributed by atoms with Crippen molar-refractivity contribution in [3.8, 4) is 11.5 Å². The van der Waals surface area contributed by atoms with Gasteiger partial charge in [-0.05, 0) is 75.4 Å². The van der Waals surface area contributed by atoms with Crippen LogP contribution in [0.4, 0.5) is 0 Å². The van der Waals surface area contributed by atoms with Crippen LogP contribution < -0.4 is 20.5 Å². The summed E-state index contributed by atoms with van der Waals surface area (Å²) in [4.78, 5) is 33.9. The number of benzene rings is 2. The Morgan fingerprint density at radius 3 is 2.70 bits per heavy atom. The third kappa shape index (κ3) is 4.50. The molecular weight excluding hydrogens is 508 g/mol. The zero-order chi connectivity index (χ0) is 28.2. The van der Waals surface area contributed by atoms with E-state index in [9.17, 15) is 14.7 Å². The number of nitrogens with two attached hydrogens (primary N) is 1. The lowest BCUT2D eigenvalue weighted by Crippen LogP contribution is -2.53. The molecule has 0 spiro atoms. The van der Waals surface area contributed by atoms with Crippen LogP contribution in [-0.2, 0) is 11.2 Å². The Hall–Kier alpha value is -3.59. The first-order valence-electron chi connectivity index (χ1n) is 14.4. The first-order valence-corrected chi connectivity index (χ1v) is 14.4. The van der Waals surface area contributed by atoms with Gasteiger partial charge < -0.3 is 25.6 Å². The predicted octanol–water partition coefficient (Wildman–Crippen LogP) is 3.94. The number of nitrogens with zero attached hydrogens (tertiary/aromatic N) is 2. The van der Waals surface area contributed by atoms with Crippen molar-refractivity contribution < 1.29 is 24.2 Å². The van der Waals surface area contributed by atoms with Gasteiger partial charge in [-0.2, -0.15) is 0 Å². The van der Waals surface area contributed by atoms with Crippen LogP contribution in [0, 0.1) is 0 Å². The van der Waals surface area contributed by atoms with Crippen LogP contribution >= 0.6 is 0 Å². The third-order valence-electron chi connectivity index (χ3n) is 9.05. The Kier molecular flexibility index (Phi) is 6.52. The molecule has 0 aliphatic carbocycles. The van der Waals surface area contributed by atoms with Gasteiger partial charge in [0.25, 0.3) is 5.91 Å². The van der Waals surface area contributed by atoms with E-state index in [0.29, 0.717) is 36.5 Å². The maximum atomic E-state index is 13.7. The predicted molar refractivity (Wildman–Crippen MR) is 150 cm³/mol. The molecular formula is C31H38N4O5. The molecule has 4 N–H and O–H groups in total. The highest BCUT2D eigenvalue weighted by Gasteiger charge is 2.45. The number of hydrogen-bond acceptors (Lipinski definition) is 7. The van der Waals surface area contributed by atoms with Crippen LogP contribution in [-0.4, -0.2) is 51.6 Å². The van der Waals surface area contributed by atoms with Gasteiger partial charge in [0.2, 0.25) is 5.91 Å². The van der Waals surface area contributed by atoms with E-state index in [2.05, 4.69) is 12.2 Å². The lowest BCUT2D eigenvalue weighted by atomic mass is 9.83. The van der Waals surface area contributed by atoms with Crippen molar-refractivity contribution >= 4 is 17.8 Å². The Labute approximate surface area is 234 Å². The van der Waals surface area contributed by atoms with E-state index in [1.54, 1.807) is 23.1 Å². The van der Waals surface area contributed by atoms with Crippen LogP contribution in [0.2, 0.25) is 0 Å². The zero-order valence-corrected chi connectivity index (χ0v) is 23.4. The van der Waals surface area contributed by atoms with E-state index in [1.165, 1.54) is 0 Å². The van der Waals surface area contributed by atoms with E-state index in [1.807, 2.05) is 32.0 Å². The molecule has 2 amide bonds. The van der Waals surface area contributed by atoms with Gasteiger partial charge in [-0.25, -0.2) is 4.99 Å². The maximum absolute atomic E-state index is 13.7. The van der Waals surface area contributed by atoms with E-state index < -0.39 is 23.3 Å². The summed E-state index contributed by atoms with van der Waals surface area (Å²) in [5, 5.41) is 14.4. The lowest BCUT2D eigenvalue weighted by Gasteiger charge is -2.43. The Morgan fingerprint density at radius 2 is 1.93 bits per heavy atom. The lowest BCUT2D eigenvalue weighted by molar-refractivity contribution is -0.132. The number of aliphatic hydroxyl groups is 1. The van der Waals surface area contributed by atoms with Crippen molar-refractivity contribution in [2.45, 2.75) is 95.0 Å². The first-order chi connectivity index (χ1) is 19.1. The summed E-state index contributed by atoms with van der Waals surface area (Å²) < 4.78 is 12.1. The molecule has 0 fully saturated rings. The molecule has 0 aromatic heterocycles. The molecule has 6 bridgehead atoms. The fourth-order valence-electron chi connectivity index (χ4n) is 6.64. The monoisotopic (exact) mass is 546 g/mol. The van der Waals surface area contributed by atoms with E-state index in [4.69, 9.17) is 20.2 Å². The number of aliphatic imine (C=N–C) groups is 1. The molecule has 9 heteroatoms. The summed E-state index contributed by atoms with van der Waals surface area (Å²) in [6.45, 7) is 6.14. The molecule has 4 atom stereocenters. The largest absolute Gasteiger partial charge is 0.493 e. The van der Waals surface area contributed by atoms with Gasteiger partial charge in [-0.1, -0.05) is 19.4 Å². The molecule has 0 radical (unpaired) electrons. The van der Waals surface area contributed by atoms with Gasteiger partial charge >= 0.3 is 0 Å². The standard InChI is InChI=1S/C31H38N4O5/c1-4-31-13-6-5-7-18-8-10-24-21(15-18)26(27(37)30(2,3)40-24)33-28(38)19-9-11-23-20(16-19)22(12-14-39-23)35(25(36)17-31)29(32)34-31/h8-11,15-16,22,26-27,37H,4-7,12-14,17H2,1-3H3,(H2,32,34)(H,33,38)/t22-,26-,27+,31-/m1/s1. The second-order valence-corrected chi connectivity index (χ2v) is 12.1. The molecule has 5 heterocycles. The molecule has 2 aromatic carbocycles. The Morgan fingerprint density at radius 1 is 1.12 bits per heavy atom. The van der Waals surface area contributed by atoms with Crippen LogP contribution in [0.3, 0.4) is 0 Å². The van der Waals surface area contributed by atoms with Gasteiger partial charge in [0.15, 0.2) is 5.96 Å². The number of fused-ring (bicyclic) bond motifs is 5. The summed E-state index contributed by atoms with van der Waals surface area (Å²) in [6, 6.07) is 10.2. The highest BCUT2D eigenvalue weighted by atomic mass is 16.5. The number of ether oxygens (including phenoxy) is 2. The normalized spacial score (nSPS) is 29.4. The van der Waals surface area contributed by atoms with Crippen LogP contribution in [0.15, 0.2) is 41.4 Å². The van der Waals surface area contributed by atoms with Crippen LogP contribution in [0.5, 0.6) is 11.5 Å². The molecule has 0 saturated heterocycles. The van der Waals surface area contributed by atoms with Crippen molar-refractivity contribution in [2.24, 2.45) is 10.7 Å². The molecule has 40 heavy (non-hydrogen) atoms. The first kappa shape index (κ1) is 26.6. The number of rotatable bonds is 1. The van der Waals surface area contributed by atoms with E-state index in [-0.39, 0.29) is 23.8 Å². The Bertz CT molecular complexity index is 1390. The van der Waals surface area contributed by atoms with Crippen molar-refractivity contribution in [2.75, 3.05) is 6.61 Å². The summed E-state index contributed by atoms with van der Waals surface area (Å²) in [6.07, 6.45) is 4.02. The zero-order valence-electron chi connectivity index (χ0n) is 23.4. The highest BCUT2D eigenvalue weighted by Crippen LogP contribution is 2.43. The second kappa shape index (κ2) is 9.80. The number of hydrogen-bond donors (Lipinski definition) is 3. The summed E-state index contributed by atoms with van der Waals surface area (Å²) in [5.41, 5.74) is 8.14. The SMILES string of the molecule is CC[C@@]12CCCCc3ccc4c(c3)[C@@H](NC(=O)c3ccc5c(c3)[C@@H](CCO5)N(C(=O)C1)C(N)=N2)[C@H](O)C(C)(C)O4. The van der Waals surface area contributed by atoms with Gasteiger partial charge in [-0.3, -0.25) is 14.5 Å². The molecule has 0 unspecified atom stereocenters. The fourth-order valence-corrected chi connectivity index (χ4v) is 6.64. The molecule has 2 aromatic rings. The second-order valence-electron chi connectivity index (χ2n) is 12.1. The number of carbonyl (C=O) groups is 2. The average Bonchev–Trinajstić information content (AvgIpc) is 2.92. The molecule has 212 valence electrons. The number of amides is 2. The van der Waals surface area contributed by atoms with Crippen LogP contribution in [0.1, 0.15) is 98.4 Å². The van der Waals surface area contributed by atoms with Gasteiger partial charge in [0.05, 0.1) is 30.7 Å². The summed E-state index contributed by atoms with van der Waals surface area (Å²) in [7, 11) is 0. The third-order valence-corrected chi connectivity index (χ3v) is 9.05. The smallest absolute Gasteiger partial charge is 0.251 e. The van der Waals surface area contributed by atoms with Gasteiger partial charge in [0.1, 0.15) is 23.2 Å². The number of guanidine groups is 1. The summed E-state index contributed by atoms with van der Waals surface area (Å²) >= 11 is 0. The molecule has 5 aliphatic heterocycles. The Balaban J connectivity index is 1.45. The maximum Gasteiger partial charge on any atom is 0.251 e. The quantitative estimate of drug-likeness (QED) is 0.498. The number of aryl methyl sites for hydroxylation is 1. The van der Waals surface area contributed by atoms with Crippen molar-refractivity contribution in [3.63, 3.8) is 0 Å². The molecule has 0 saturated carbocycles. The summed E-state index contributed by atoms with van der Waals surface area (Å²) in [5.74, 6) is 1.15. The van der Waals surface area contributed by atoms with Crippen molar-refractivity contribution in [3.05, 3.63) is 58.7 Å². The molecule has 7 rings (SSSR count). The van der Waals surface area contributed by atoms with E-state index in [0.717, 1.165) is 48.8 Å². The highest BCUT2D eigenvalue weighted by molar-refractivity contribution is 6.00. The number of carbonyl (C=O) groups excluding carboxylic acids is 2. The van der Waals surface area contributed by atoms with Gasteiger partial charge in [0, 0.05) is 23.1 Å². The number of nitrogens with one attached hydrogen (secondary N) is 1. The minimum atomic E-state index is -0.960. The fraction of sp³-hybridized carbons (Fsp3) is 0.516. The van der Waals surface area contributed by atoms with Gasteiger partial charge in [-0.15, -0.1) is 0 Å². The minimum absolute atomic E-state index is 0.0454. The topological polar surface area (TPSA) is 126 Å². The average molecular weight is 547 g/mol. The van der Waals surface area contributed by atoms with Crippen molar-refractivity contribution in [1.82, 2.24) is 10.2 Å². The van der Waals surface area contributed by atoms with Crippen molar-refractivity contribution in [1.29, 1.82) is 0 Å². The van der Waals surface area contributed by atoms with E-state index >= 15 is 0 Å². The van der Waals surface area contributed by atoms with Crippen LogP contribution in [0.25, 0.3) is 0 Å². The minimum Gasteiger partial charge on any atom is -0.493 e. The number of aliphatic hydroxyl groups excluding tert-OH is 1. The molecule has 9 nitrogen and oxygen atoms in total.